The number of carboxylic acid groups (broad SMARTS) is 1. The fourth-order valence-electron chi connectivity index (χ4n) is 1.82. The lowest BCUT2D eigenvalue weighted by atomic mass is 10.0. The summed E-state index contributed by atoms with van der Waals surface area (Å²) in [6.07, 6.45) is 0.150. The molecule has 6 heteroatoms. The first-order valence-electron chi connectivity index (χ1n) is 5.72. The van der Waals surface area contributed by atoms with Crippen molar-refractivity contribution < 1.29 is 14.7 Å². The molecule has 0 saturated heterocycles. The van der Waals surface area contributed by atoms with Gasteiger partial charge in [0.1, 0.15) is 6.04 Å². The standard InChI is InChI=1S/C12H18N2O3S/c1-7(2)11(12(16)17)14(4)10(15)5-9-6-18-8(3)13-9/h6-7,11H,5H2,1-4H3,(H,16,17). The van der Waals surface area contributed by atoms with Crippen LogP contribution in [0.4, 0.5) is 0 Å². The molecule has 1 rings (SSSR count). The van der Waals surface area contributed by atoms with Gasteiger partial charge >= 0.3 is 5.97 Å². The fraction of sp³-hybridized carbons (Fsp3) is 0.583. The average Bonchev–Trinajstić information content (AvgIpc) is 2.62. The predicted octanol–water partition coefficient (Wildman–Crippen LogP) is 1.56. The second kappa shape index (κ2) is 5.95. The zero-order chi connectivity index (χ0) is 13.9. The third-order valence-electron chi connectivity index (χ3n) is 2.69. The molecule has 0 aliphatic carbocycles. The Morgan fingerprint density at radius 1 is 1.50 bits per heavy atom. The van der Waals surface area contributed by atoms with Crippen molar-refractivity contribution >= 4 is 23.2 Å². The van der Waals surface area contributed by atoms with Crippen molar-refractivity contribution in [2.45, 2.75) is 33.2 Å². The Balaban J connectivity index is 2.73. The van der Waals surface area contributed by atoms with Gasteiger partial charge in [0.05, 0.1) is 17.1 Å². The van der Waals surface area contributed by atoms with Gasteiger partial charge in [-0.1, -0.05) is 13.8 Å². The van der Waals surface area contributed by atoms with E-state index in [1.165, 1.54) is 23.3 Å². The SMILES string of the molecule is Cc1nc(CC(=O)N(C)C(C(=O)O)C(C)C)cs1. The van der Waals surface area contributed by atoms with Gasteiger partial charge in [-0.05, 0) is 12.8 Å². The number of carbonyl (C=O) groups excluding carboxylic acids is 1. The van der Waals surface area contributed by atoms with E-state index in [4.69, 9.17) is 5.11 Å². The second-order valence-corrected chi connectivity index (χ2v) is 5.63. The highest BCUT2D eigenvalue weighted by Gasteiger charge is 2.29. The fourth-order valence-corrected chi connectivity index (χ4v) is 2.43. The van der Waals surface area contributed by atoms with E-state index in [0.29, 0.717) is 5.69 Å². The Morgan fingerprint density at radius 3 is 2.50 bits per heavy atom. The van der Waals surface area contributed by atoms with Crippen molar-refractivity contribution in [3.63, 3.8) is 0 Å². The average molecular weight is 270 g/mol. The molecule has 0 spiro atoms. The Hall–Kier alpha value is -1.43. The maximum Gasteiger partial charge on any atom is 0.326 e. The molecule has 100 valence electrons. The van der Waals surface area contributed by atoms with E-state index >= 15 is 0 Å². The Labute approximate surface area is 110 Å². The molecular weight excluding hydrogens is 252 g/mol. The van der Waals surface area contributed by atoms with Crippen molar-refractivity contribution in [2.75, 3.05) is 7.05 Å². The summed E-state index contributed by atoms with van der Waals surface area (Å²) in [5.74, 6) is -1.33. The van der Waals surface area contributed by atoms with Crippen molar-refractivity contribution in [3.8, 4) is 0 Å². The highest BCUT2D eigenvalue weighted by Crippen LogP contribution is 2.13. The third kappa shape index (κ3) is 3.53. The van der Waals surface area contributed by atoms with Crippen molar-refractivity contribution in [1.82, 2.24) is 9.88 Å². The van der Waals surface area contributed by atoms with Crippen LogP contribution in [0.15, 0.2) is 5.38 Å². The first kappa shape index (κ1) is 14.6. The predicted molar refractivity (Wildman–Crippen MR) is 69.6 cm³/mol. The van der Waals surface area contributed by atoms with E-state index in [-0.39, 0.29) is 18.2 Å². The number of carboxylic acids is 1. The molecule has 1 atom stereocenters. The van der Waals surface area contributed by atoms with Gasteiger partial charge in [-0.25, -0.2) is 9.78 Å². The molecular formula is C12H18N2O3S. The van der Waals surface area contributed by atoms with Gasteiger partial charge in [0.25, 0.3) is 0 Å². The number of hydrogen-bond acceptors (Lipinski definition) is 4. The molecule has 0 fully saturated rings. The summed E-state index contributed by atoms with van der Waals surface area (Å²) in [5, 5.41) is 11.9. The summed E-state index contributed by atoms with van der Waals surface area (Å²) in [6, 6.07) is -0.794. The number of aliphatic carboxylic acids is 1. The zero-order valence-electron chi connectivity index (χ0n) is 11.0. The molecule has 1 amide bonds. The number of aromatic nitrogens is 1. The smallest absolute Gasteiger partial charge is 0.326 e. The molecule has 0 aromatic carbocycles. The van der Waals surface area contributed by atoms with Gasteiger partial charge in [0, 0.05) is 12.4 Å². The van der Waals surface area contributed by atoms with Gasteiger partial charge < -0.3 is 10.0 Å². The molecule has 5 nitrogen and oxygen atoms in total. The van der Waals surface area contributed by atoms with Crippen LogP contribution in [0.5, 0.6) is 0 Å². The maximum absolute atomic E-state index is 12.0. The van der Waals surface area contributed by atoms with E-state index < -0.39 is 12.0 Å². The minimum Gasteiger partial charge on any atom is -0.480 e. The Morgan fingerprint density at radius 2 is 2.11 bits per heavy atom. The third-order valence-corrected chi connectivity index (χ3v) is 3.52. The molecule has 1 N–H and O–H groups in total. The lowest BCUT2D eigenvalue weighted by Crippen LogP contribution is -2.46. The van der Waals surface area contributed by atoms with Gasteiger partial charge in [0.15, 0.2) is 0 Å². The molecule has 0 aliphatic heterocycles. The number of nitrogens with zero attached hydrogens (tertiary/aromatic N) is 2. The number of hydrogen-bond donors (Lipinski definition) is 1. The molecule has 0 saturated carbocycles. The van der Waals surface area contributed by atoms with E-state index in [2.05, 4.69) is 4.98 Å². The van der Waals surface area contributed by atoms with Crippen LogP contribution >= 0.6 is 11.3 Å². The molecule has 0 bridgehead atoms. The van der Waals surface area contributed by atoms with Gasteiger partial charge in [-0.3, -0.25) is 4.79 Å². The summed E-state index contributed by atoms with van der Waals surface area (Å²) in [5.41, 5.74) is 0.697. The van der Waals surface area contributed by atoms with Crippen LogP contribution in [0.25, 0.3) is 0 Å². The molecule has 1 heterocycles. The molecule has 1 aromatic heterocycles. The molecule has 1 aromatic rings. The first-order chi connectivity index (χ1) is 8.32. The number of carbonyl (C=O) groups is 2. The molecule has 0 aliphatic rings. The van der Waals surface area contributed by atoms with E-state index in [0.717, 1.165) is 5.01 Å². The van der Waals surface area contributed by atoms with E-state index in [9.17, 15) is 9.59 Å². The number of rotatable bonds is 5. The van der Waals surface area contributed by atoms with Gasteiger partial charge in [-0.2, -0.15) is 0 Å². The monoisotopic (exact) mass is 270 g/mol. The van der Waals surface area contributed by atoms with Crippen molar-refractivity contribution in [1.29, 1.82) is 0 Å². The van der Waals surface area contributed by atoms with Crippen LogP contribution in [0, 0.1) is 12.8 Å². The summed E-state index contributed by atoms with van der Waals surface area (Å²) in [7, 11) is 1.53. The van der Waals surface area contributed by atoms with Crippen LogP contribution in [0.2, 0.25) is 0 Å². The van der Waals surface area contributed by atoms with E-state index in [1.54, 1.807) is 13.8 Å². The van der Waals surface area contributed by atoms with E-state index in [1.807, 2.05) is 12.3 Å². The minimum absolute atomic E-state index is 0.131. The lowest BCUT2D eigenvalue weighted by molar-refractivity contribution is -0.150. The number of likely N-dealkylation sites (N-methyl/N-ethyl adjacent to an activating group) is 1. The number of aryl methyl sites for hydroxylation is 1. The highest BCUT2D eigenvalue weighted by molar-refractivity contribution is 7.09. The summed E-state index contributed by atoms with van der Waals surface area (Å²) < 4.78 is 0. The normalized spacial score (nSPS) is 12.5. The Bertz CT molecular complexity index is 442. The maximum atomic E-state index is 12.0. The minimum atomic E-state index is -0.977. The van der Waals surface area contributed by atoms with Crippen LogP contribution in [0.1, 0.15) is 24.5 Å². The quantitative estimate of drug-likeness (QED) is 0.881. The van der Waals surface area contributed by atoms with Crippen LogP contribution in [-0.2, 0) is 16.0 Å². The number of amides is 1. The van der Waals surface area contributed by atoms with Crippen LogP contribution in [0.3, 0.4) is 0 Å². The van der Waals surface area contributed by atoms with Gasteiger partial charge in [0.2, 0.25) is 5.91 Å². The highest BCUT2D eigenvalue weighted by atomic mass is 32.1. The van der Waals surface area contributed by atoms with Crippen LogP contribution < -0.4 is 0 Å². The number of thiazole rings is 1. The lowest BCUT2D eigenvalue weighted by Gasteiger charge is -2.27. The van der Waals surface area contributed by atoms with Crippen molar-refractivity contribution in [2.24, 2.45) is 5.92 Å². The first-order valence-corrected chi connectivity index (χ1v) is 6.60. The topological polar surface area (TPSA) is 70.5 Å². The summed E-state index contributed by atoms with van der Waals surface area (Å²) in [6.45, 7) is 5.45. The van der Waals surface area contributed by atoms with Crippen LogP contribution in [-0.4, -0.2) is 40.0 Å². The van der Waals surface area contributed by atoms with Crippen molar-refractivity contribution in [3.05, 3.63) is 16.1 Å². The Kier molecular flexibility index (Phi) is 4.84. The van der Waals surface area contributed by atoms with Gasteiger partial charge in [-0.15, -0.1) is 11.3 Å². The summed E-state index contributed by atoms with van der Waals surface area (Å²) >= 11 is 1.48. The second-order valence-electron chi connectivity index (χ2n) is 4.57. The summed E-state index contributed by atoms with van der Waals surface area (Å²) in [4.78, 5) is 28.6. The largest absolute Gasteiger partial charge is 0.480 e. The molecule has 0 radical (unpaired) electrons. The molecule has 1 unspecified atom stereocenters. The molecule has 18 heavy (non-hydrogen) atoms. The zero-order valence-corrected chi connectivity index (χ0v) is 11.8.